The zero-order chi connectivity index (χ0) is 20.9. The topological polar surface area (TPSA) is 54.9 Å². The zero-order valence-electron chi connectivity index (χ0n) is 15.8. The van der Waals surface area contributed by atoms with Crippen LogP contribution in [0.25, 0.3) is 11.4 Å². The molecule has 2 N–H and O–H groups in total. The number of nitrogens with zero attached hydrogens (tertiary/aromatic N) is 2. The minimum atomic E-state index is -0.367. The van der Waals surface area contributed by atoms with Crippen molar-refractivity contribution < 1.29 is 9.13 Å². The van der Waals surface area contributed by atoms with Crippen LogP contribution in [-0.4, -0.2) is 14.9 Å². The predicted molar refractivity (Wildman–Crippen MR) is 118 cm³/mol. The first kappa shape index (κ1) is 20.1. The Morgan fingerprint density at radius 3 is 2.57 bits per heavy atom. The molecule has 0 aliphatic heterocycles. The molecule has 5 nitrogen and oxygen atoms in total. The van der Waals surface area contributed by atoms with Crippen LogP contribution >= 0.6 is 23.8 Å². The summed E-state index contributed by atoms with van der Waals surface area (Å²) in [5, 5.41) is 7.48. The Bertz CT molecular complexity index is 1190. The number of H-pyrrole nitrogens is 1. The smallest absolute Gasteiger partial charge is 0.214 e. The molecule has 0 saturated heterocycles. The largest absolute Gasteiger partial charge is 0.489 e. The van der Waals surface area contributed by atoms with Crippen LogP contribution in [0.2, 0.25) is 5.02 Å². The van der Waals surface area contributed by atoms with E-state index in [0.717, 1.165) is 22.5 Å². The second-order valence-electron chi connectivity index (χ2n) is 6.56. The summed E-state index contributed by atoms with van der Waals surface area (Å²) in [7, 11) is 0. The highest BCUT2D eigenvalue weighted by Crippen LogP contribution is 2.21. The van der Waals surface area contributed by atoms with Crippen LogP contribution in [0.5, 0.6) is 5.75 Å². The number of aromatic nitrogens is 3. The van der Waals surface area contributed by atoms with Crippen molar-refractivity contribution in [1.29, 1.82) is 0 Å². The van der Waals surface area contributed by atoms with Crippen LogP contribution < -0.4 is 10.2 Å². The molecule has 1 aromatic heterocycles. The number of benzene rings is 3. The molecular weight excluding hydrogens is 423 g/mol. The average molecular weight is 441 g/mol. The molecule has 0 saturated carbocycles. The van der Waals surface area contributed by atoms with Gasteiger partial charge < -0.3 is 10.2 Å². The third-order valence-electron chi connectivity index (χ3n) is 4.48. The summed E-state index contributed by atoms with van der Waals surface area (Å²) < 4.78 is 21.1. The lowest BCUT2D eigenvalue weighted by Crippen LogP contribution is -2.15. The number of rotatable bonds is 7. The van der Waals surface area contributed by atoms with Gasteiger partial charge >= 0.3 is 0 Å². The highest BCUT2D eigenvalue weighted by atomic mass is 35.5. The van der Waals surface area contributed by atoms with E-state index in [9.17, 15) is 4.39 Å². The molecule has 4 aromatic rings. The highest BCUT2D eigenvalue weighted by molar-refractivity contribution is 7.71. The summed E-state index contributed by atoms with van der Waals surface area (Å²) in [5.74, 6) is 1.05. The van der Waals surface area contributed by atoms with E-state index in [1.165, 1.54) is 12.1 Å². The number of halogens is 2. The molecular formula is C22H18ClFN4OS. The summed E-state index contributed by atoms with van der Waals surface area (Å²) >= 11 is 11.4. The minimum absolute atomic E-state index is 0.265. The Kier molecular flexibility index (Phi) is 6.11. The third kappa shape index (κ3) is 4.69. The van der Waals surface area contributed by atoms with Crippen LogP contribution in [0.3, 0.4) is 0 Å². The van der Waals surface area contributed by atoms with Crippen LogP contribution in [0.15, 0.2) is 72.8 Å². The SMILES string of the molecule is Fc1ccc(COc2ccc(CNn3c(-c4ccccc4)n[nH]c3=S)cc2)c(Cl)c1. The van der Waals surface area contributed by atoms with E-state index in [1.54, 1.807) is 10.7 Å². The van der Waals surface area contributed by atoms with Crippen LogP contribution in [0, 0.1) is 10.6 Å². The van der Waals surface area contributed by atoms with E-state index in [-0.39, 0.29) is 12.4 Å². The summed E-state index contributed by atoms with van der Waals surface area (Å²) in [6, 6.07) is 21.7. The molecule has 8 heteroatoms. The van der Waals surface area contributed by atoms with E-state index in [1.807, 2.05) is 54.6 Å². The zero-order valence-corrected chi connectivity index (χ0v) is 17.4. The molecule has 30 heavy (non-hydrogen) atoms. The van der Waals surface area contributed by atoms with Crippen LogP contribution in [-0.2, 0) is 13.2 Å². The number of hydrogen-bond acceptors (Lipinski definition) is 4. The van der Waals surface area contributed by atoms with Gasteiger partial charge in [0.2, 0.25) is 4.77 Å². The molecule has 0 aliphatic rings. The fourth-order valence-electron chi connectivity index (χ4n) is 2.90. The molecule has 152 valence electrons. The molecule has 0 radical (unpaired) electrons. The van der Waals surface area contributed by atoms with E-state index >= 15 is 0 Å². The van der Waals surface area contributed by atoms with Gasteiger partial charge in [0.1, 0.15) is 18.2 Å². The van der Waals surface area contributed by atoms with Crippen LogP contribution in [0.1, 0.15) is 11.1 Å². The molecule has 0 amide bonds. The fraction of sp³-hybridized carbons (Fsp3) is 0.0909. The lowest BCUT2D eigenvalue weighted by Gasteiger charge is -2.11. The summed E-state index contributed by atoms with van der Waals surface area (Å²) in [5.41, 5.74) is 6.02. The number of nitrogens with one attached hydrogen (secondary N) is 2. The molecule has 1 heterocycles. The molecule has 0 bridgehead atoms. The summed E-state index contributed by atoms with van der Waals surface area (Å²) in [6.45, 7) is 0.819. The maximum atomic E-state index is 13.1. The van der Waals surface area contributed by atoms with Crippen molar-refractivity contribution in [2.45, 2.75) is 13.2 Å². The van der Waals surface area contributed by atoms with Gasteiger partial charge in [-0.05, 0) is 42.0 Å². The van der Waals surface area contributed by atoms with Gasteiger partial charge in [0, 0.05) is 11.1 Å². The van der Waals surface area contributed by atoms with Crippen molar-refractivity contribution in [3.05, 3.63) is 99.5 Å². The van der Waals surface area contributed by atoms with E-state index in [0.29, 0.717) is 22.1 Å². The third-order valence-corrected chi connectivity index (χ3v) is 5.10. The minimum Gasteiger partial charge on any atom is -0.489 e. The summed E-state index contributed by atoms with van der Waals surface area (Å²) in [6.07, 6.45) is 0. The Morgan fingerprint density at radius 2 is 1.83 bits per heavy atom. The maximum absolute atomic E-state index is 13.1. The Labute approximate surface area is 183 Å². The molecule has 0 spiro atoms. The van der Waals surface area contributed by atoms with Crippen LogP contribution in [0.4, 0.5) is 4.39 Å². The number of ether oxygens (including phenoxy) is 1. The van der Waals surface area contributed by atoms with Crippen molar-refractivity contribution in [1.82, 2.24) is 14.9 Å². The fourth-order valence-corrected chi connectivity index (χ4v) is 3.32. The van der Waals surface area contributed by atoms with Crippen molar-refractivity contribution in [3.63, 3.8) is 0 Å². The van der Waals surface area contributed by atoms with Crippen molar-refractivity contribution in [2.24, 2.45) is 0 Å². The Morgan fingerprint density at radius 1 is 1.07 bits per heavy atom. The van der Waals surface area contributed by atoms with Gasteiger partial charge in [0.05, 0.1) is 11.6 Å². The normalized spacial score (nSPS) is 10.7. The van der Waals surface area contributed by atoms with Crippen molar-refractivity contribution in [2.75, 3.05) is 5.43 Å². The first-order valence-corrected chi connectivity index (χ1v) is 10.0. The first-order chi connectivity index (χ1) is 14.6. The van der Waals surface area contributed by atoms with E-state index < -0.39 is 0 Å². The average Bonchev–Trinajstić information content (AvgIpc) is 3.13. The van der Waals surface area contributed by atoms with Crippen molar-refractivity contribution >= 4 is 23.8 Å². The molecule has 4 rings (SSSR count). The predicted octanol–water partition coefficient (Wildman–Crippen LogP) is 5.72. The standard InChI is InChI=1S/C22H18ClFN4OS/c23-20-12-18(24)9-8-17(20)14-29-19-10-6-15(7-11-19)13-25-28-21(26-27-22(28)30)16-4-2-1-3-5-16/h1-12,25H,13-14H2,(H,27,30). The number of aromatic amines is 1. The molecule has 0 fully saturated rings. The second kappa shape index (κ2) is 9.11. The van der Waals surface area contributed by atoms with Gasteiger partial charge in [-0.15, -0.1) is 0 Å². The number of hydrogen-bond donors (Lipinski definition) is 2. The quantitative estimate of drug-likeness (QED) is 0.361. The lowest BCUT2D eigenvalue weighted by molar-refractivity contribution is 0.306. The Balaban J connectivity index is 1.39. The second-order valence-corrected chi connectivity index (χ2v) is 7.35. The molecule has 0 atom stereocenters. The first-order valence-electron chi connectivity index (χ1n) is 9.22. The monoisotopic (exact) mass is 440 g/mol. The highest BCUT2D eigenvalue weighted by Gasteiger charge is 2.08. The van der Waals surface area contributed by atoms with Crippen molar-refractivity contribution in [3.8, 4) is 17.1 Å². The van der Waals surface area contributed by atoms with Gasteiger partial charge in [-0.3, -0.25) is 0 Å². The Hall–Kier alpha value is -3.16. The van der Waals surface area contributed by atoms with Gasteiger partial charge in [0.15, 0.2) is 5.82 Å². The van der Waals surface area contributed by atoms with E-state index in [4.69, 9.17) is 28.6 Å². The van der Waals surface area contributed by atoms with Gasteiger partial charge in [-0.25, -0.2) is 14.2 Å². The van der Waals surface area contributed by atoms with Gasteiger partial charge in [0.25, 0.3) is 0 Å². The lowest BCUT2D eigenvalue weighted by atomic mass is 10.2. The maximum Gasteiger partial charge on any atom is 0.214 e. The molecule has 0 unspecified atom stereocenters. The summed E-state index contributed by atoms with van der Waals surface area (Å²) in [4.78, 5) is 0. The van der Waals surface area contributed by atoms with Gasteiger partial charge in [-0.2, -0.15) is 5.10 Å². The van der Waals surface area contributed by atoms with E-state index in [2.05, 4.69) is 15.6 Å². The van der Waals surface area contributed by atoms with Gasteiger partial charge in [-0.1, -0.05) is 60.1 Å². The molecule has 0 aliphatic carbocycles. The molecule has 3 aromatic carbocycles.